The molecule has 1 spiro atoms. The summed E-state index contributed by atoms with van der Waals surface area (Å²) >= 11 is 0. The number of rotatable bonds is 4. The quantitative estimate of drug-likeness (QED) is 0.880. The molecule has 0 heterocycles. The number of hydrogen-bond acceptors (Lipinski definition) is 2. The number of benzene rings is 1. The summed E-state index contributed by atoms with van der Waals surface area (Å²) in [6, 6.07) is 9.37. The molecule has 1 N–H and O–H groups in total. The van der Waals surface area contributed by atoms with Crippen LogP contribution in [-0.2, 0) is 0 Å². The number of nitrogens with one attached hydrogen (secondary N) is 1. The van der Waals surface area contributed by atoms with Crippen molar-refractivity contribution in [3.63, 3.8) is 0 Å². The van der Waals surface area contributed by atoms with Gasteiger partial charge in [-0.15, -0.1) is 0 Å². The molecule has 2 nitrogen and oxygen atoms in total. The summed E-state index contributed by atoms with van der Waals surface area (Å²) in [6.07, 6.45) is 8.34. The van der Waals surface area contributed by atoms with Crippen molar-refractivity contribution in [1.29, 1.82) is 0 Å². The lowest BCUT2D eigenvalue weighted by Crippen LogP contribution is -2.64. The summed E-state index contributed by atoms with van der Waals surface area (Å²) in [7, 11) is 2.11. The lowest BCUT2D eigenvalue weighted by molar-refractivity contribution is -0.100. The Labute approximate surface area is 129 Å². The van der Waals surface area contributed by atoms with Crippen molar-refractivity contribution < 1.29 is 4.74 Å². The van der Waals surface area contributed by atoms with Crippen molar-refractivity contribution in [1.82, 2.24) is 5.32 Å². The van der Waals surface area contributed by atoms with E-state index in [0.717, 1.165) is 12.2 Å². The Morgan fingerprint density at radius 3 is 2.33 bits per heavy atom. The first-order valence-electron chi connectivity index (χ1n) is 8.59. The van der Waals surface area contributed by atoms with Gasteiger partial charge in [0.05, 0.1) is 0 Å². The topological polar surface area (TPSA) is 21.3 Å². The Balaban J connectivity index is 1.69. The van der Waals surface area contributed by atoms with Gasteiger partial charge in [0.2, 0.25) is 0 Å². The summed E-state index contributed by atoms with van der Waals surface area (Å²) in [5.74, 6) is 1.63. The highest BCUT2D eigenvalue weighted by Crippen LogP contribution is 2.53. The lowest BCUT2D eigenvalue weighted by Gasteiger charge is -2.57. The van der Waals surface area contributed by atoms with Crippen molar-refractivity contribution in [2.45, 2.75) is 70.4 Å². The molecule has 1 aromatic rings. The highest BCUT2D eigenvalue weighted by atomic mass is 16.5. The molecule has 2 unspecified atom stereocenters. The van der Waals surface area contributed by atoms with Gasteiger partial charge in [-0.05, 0) is 43.5 Å². The van der Waals surface area contributed by atoms with Crippen LogP contribution < -0.4 is 10.1 Å². The van der Waals surface area contributed by atoms with Gasteiger partial charge >= 0.3 is 0 Å². The van der Waals surface area contributed by atoms with Crippen LogP contribution in [0.2, 0.25) is 0 Å². The SMILES string of the molecule is CNC1CC(Oc2ccc(C(C)C)cc2)C12CCCCC2. The zero-order chi connectivity index (χ0) is 14.9. The maximum Gasteiger partial charge on any atom is 0.119 e. The predicted octanol–water partition coefficient (Wildman–Crippen LogP) is 4.50. The van der Waals surface area contributed by atoms with Crippen LogP contribution in [0.5, 0.6) is 5.75 Å². The van der Waals surface area contributed by atoms with Gasteiger partial charge < -0.3 is 10.1 Å². The lowest BCUT2D eigenvalue weighted by atomic mass is 9.55. The molecule has 0 aliphatic heterocycles. The number of ether oxygens (including phenoxy) is 1. The van der Waals surface area contributed by atoms with E-state index in [1.807, 2.05) is 0 Å². The van der Waals surface area contributed by atoms with Gasteiger partial charge in [-0.2, -0.15) is 0 Å². The van der Waals surface area contributed by atoms with Crippen molar-refractivity contribution in [2.75, 3.05) is 7.05 Å². The molecule has 0 bridgehead atoms. The van der Waals surface area contributed by atoms with Gasteiger partial charge in [-0.3, -0.25) is 0 Å². The molecular weight excluding hydrogens is 258 g/mol. The van der Waals surface area contributed by atoms with Crippen molar-refractivity contribution in [3.05, 3.63) is 29.8 Å². The van der Waals surface area contributed by atoms with E-state index in [1.54, 1.807) is 0 Å². The van der Waals surface area contributed by atoms with Crippen LogP contribution in [0.15, 0.2) is 24.3 Å². The maximum atomic E-state index is 6.37. The first kappa shape index (κ1) is 14.9. The smallest absolute Gasteiger partial charge is 0.119 e. The molecular formula is C19H29NO. The summed E-state index contributed by atoms with van der Waals surface area (Å²) in [5, 5.41) is 3.52. The van der Waals surface area contributed by atoms with Crippen LogP contribution in [0.25, 0.3) is 0 Å². The fraction of sp³-hybridized carbons (Fsp3) is 0.684. The molecule has 0 amide bonds. The molecule has 21 heavy (non-hydrogen) atoms. The second-order valence-electron chi connectivity index (χ2n) is 7.20. The molecule has 2 aliphatic carbocycles. The van der Waals surface area contributed by atoms with Crippen molar-refractivity contribution >= 4 is 0 Å². The van der Waals surface area contributed by atoms with E-state index in [1.165, 1.54) is 37.7 Å². The van der Waals surface area contributed by atoms with Crippen LogP contribution in [0, 0.1) is 5.41 Å². The third-order valence-corrected chi connectivity index (χ3v) is 5.74. The number of hydrogen-bond donors (Lipinski definition) is 1. The van der Waals surface area contributed by atoms with E-state index in [9.17, 15) is 0 Å². The molecule has 116 valence electrons. The van der Waals surface area contributed by atoms with E-state index in [4.69, 9.17) is 4.74 Å². The van der Waals surface area contributed by atoms with Crippen molar-refractivity contribution in [3.8, 4) is 5.75 Å². The highest BCUT2D eigenvalue weighted by molar-refractivity contribution is 5.30. The van der Waals surface area contributed by atoms with Gasteiger partial charge in [-0.1, -0.05) is 45.2 Å². The standard InChI is InChI=1S/C19H29NO/c1-14(2)15-7-9-16(10-8-15)21-18-13-17(20-3)19(18)11-5-4-6-12-19/h7-10,14,17-18,20H,4-6,11-13H2,1-3H3. The molecule has 0 radical (unpaired) electrons. The molecule has 3 rings (SSSR count). The van der Waals surface area contributed by atoms with Gasteiger partial charge in [-0.25, -0.2) is 0 Å². The third-order valence-electron chi connectivity index (χ3n) is 5.74. The average molecular weight is 287 g/mol. The average Bonchev–Trinajstić information content (AvgIpc) is 2.52. The van der Waals surface area contributed by atoms with E-state index in [0.29, 0.717) is 23.5 Å². The van der Waals surface area contributed by atoms with Crippen molar-refractivity contribution in [2.24, 2.45) is 5.41 Å². The Morgan fingerprint density at radius 1 is 1.10 bits per heavy atom. The zero-order valence-electron chi connectivity index (χ0n) is 13.7. The Morgan fingerprint density at radius 2 is 1.76 bits per heavy atom. The minimum Gasteiger partial charge on any atom is -0.490 e. The fourth-order valence-corrected chi connectivity index (χ4v) is 4.29. The van der Waals surface area contributed by atoms with Gasteiger partial charge in [0.15, 0.2) is 0 Å². The van der Waals surface area contributed by atoms with E-state index in [2.05, 4.69) is 50.5 Å². The van der Waals surface area contributed by atoms with Crippen LogP contribution in [0.1, 0.15) is 63.9 Å². The van der Waals surface area contributed by atoms with E-state index in [-0.39, 0.29) is 0 Å². The van der Waals surface area contributed by atoms with E-state index < -0.39 is 0 Å². The minimum atomic E-state index is 0.393. The van der Waals surface area contributed by atoms with Crippen LogP contribution >= 0.6 is 0 Å². The summed E-state index contributed by atoms with van der Waals surface area (Å²) in [4.78, 5) is 0. The molecule has 2 aliphatic rings. The molecule has 2 atom stereocenters. The normalized spacial score (nSPS) is 27.6. The summed E-state index contributed by atoms with van der Waals surface area (Å²) in [6.45, 7) is 4.46. The molecule has 2 saturated carbocycles. The molecule has 0 saturated heterocycles. The monoisotopic (exact) mass is 287 g/mol. The Bertz CT molecular complexity index is 459. The van der Waals surface area contributed by atoms with Crippen LogP contribution in [0.3, 0.4) is 0 Å². The summed E-state index contributed by atoms with van der Waals surface area (Å²) in [5.41, 5.74) is 1.78. The van der Waals surface area contributed by atoms with Crippen LogP contribution in [0.4, 0.5) is 0 Å². The van der Waals surface area contributed by atoms with Gasteiger partial charge in [0.1, 0.15) is 11.9 Å². The van der Waals surface area contributed by atoms with E-state index >= 15 is 0 Å². The van der Waals surface area contributed by atoms with Gasteiger partial charge in [0.25, 0.3) is 0 Å². The van der Waals surface area contributed by atoms with Crippen LogP contribution in [-0.4, -0.2) is 19.2 Å². The highest BCUT2D eigenvalue weighted by Gasteiger charge is 2.55. The second kappa shape index (κ2) is 6.00. The first-order valence-corrected chi connectivity index (χ1v) is 8.59. The molecule has 0 aromatic heterocycles. The molecule has 2 fully saturated rings. The Kier molecular flexibility index (Phi) is 4.26. The Hall–Kier alpha value is -1.02. The first-order chi connectivity index (χ1) is 10.2. The molecule has 2 heteroatoms. The third kappa shape index (κ3) is 2.70. The molecule has 1 aromatic carbocycles. The minimum absolute atomic E-state index is 0.393. The predicted molar refractivity (Wildman–Crippen MR) is 87.9 cm³/mol. The maximum absolute atomic E-state index is 6.37. The van der Waals surface area contributed by atoms with Gasteiger partial charge in [0, 0.05) is 17.9 Å². The second-order valence-corrected chi connectivity index (χ2v) is 7.20. The zero-order valence-corrected chi connectivity index (χ0v) is 13.7. The summed E-state index contributed by atoms with van der Waals surface area (Å²) < 4.78 is 6.37. The largest absolute Gasteiger partial charge is 0.490 e. The fourth-order valence-electron chi connectivity index (χ4n) is 4.29.